The quantitative estimate of drug-likeness (QED) is 0.479. The average molecular weight is 373 g/mol. The van der Waals surface area contributed by atoms with Crippen molar-refractivity contribution < 1.29 is 0 Å². The molecule has 2 heterocycles. The van der Waals surface area contributed by atoms with E-state index in [0.717, 1.165) is 43.0 Å². The molecule has 0 aliphatic carbocycles. The molecule has 2 aromatic heterocycles. The van der Waals surface area contributed by atoms with E-state index in [1.807, 2.05) is 30.5 Å². The van der Waals surface area contributed by atoms with Crippen molar-refractivity contribution in [3.05, 3.63) is 57.8 Å². The van der Waals surface area contributed by atoms with Crippen LogP contribution in [0.5, 0.6) is 0 Å². The normalized spacial score (nSPS) is 11.4. The molecule has 0 spiro atoms. The molecule has 0 bridgehead atoms. The van der Waals surface area contributed by atoms with Crippen LogP contribution >= 0.6 is 27.5 Å². The third kappa shape index (κ3) is 2.02. The van der Waals surface area contributed by atoms with Crippen molar-refractivity contribution in [2.45, 2.75) is 6.92 Å². The molecule has 0 fully saturated rings. The summed E-state index contributed by atoms with van der Waals surface area (Å²) in [6.07, 6.45) is 3.63. The first-order chi connectivity index (χ1) is 10.6. The van der Waals surface area contributed by atoms with E-state index in [9.17, 15) is 0 Å². The van der Waals surface area contributed by atoms with Gasteiger partial charge in [-0.3, -0.25) is 10.1 Å². The van der Waals surface area contributed by atoms with E-state index < -0.39 is 0 Å². The highest BCUT2D eigenvalue weighted by atomic mass is 79.9. The lowest BCUT2D eigenvalue weighted by molar-refractivity contribution is 1.12. The van der Waals surface area contributed by atoms with Gasteiger partial charge in [-0.1, -0.05) is 33.6 Å². The zero-order chi connectivity index (χ0) is 15.3. The monoisotopic (exact) mass is 371 g/mol. The molecule has 0 saturated carbocycles. The van der Waals surface area contributed by atoms with Gasteiger partial charge in [-0.2, -0.15) is 5.10 Å². The van der Waals surface area contributed by atoms with Gasteiger partial charge in [0.1, 0.15) is 0 Å². The average Bonchev–Trinajstić information content (AvgIpc) is 2.96. The molecule has 0 saturated heterocycles. The highest BCUT2D eigenvalue weighted by Gasteiger charge is 2.14. The Morgan fingerprint density at radius 1 is 1.14 bits per heavy atom. The molecule has 4 aromatic rings. The van der Waals surface area contributed by atoms with Gasteiger partial charge in [0.15, 0.2) is 0 Å². The lowest BCUT2D eigenvalue weighted by Gasteiger charge is -2.11. The summed E-state index contributed by atoms with van der Waals surface area (Å²) in [5.41, 5.74) is 5.14. The number of aromatic nitrogens is 3. The molecule has 4 rings (SSSR count). The van der Waals surface area contributed by atoms with Gasteiger partial charge in [-0.25, -0.2) is 0 Å². The molecule has 1 N–H and O–H groups in total. The molecule has 0 aliphatic heterocycles. The third-order valence-corrected chi connectivity index (χ3v) is 4.88. The maximum absolute atomic E-state index is 6.57. The van der Waals surface area contributed by atoms with Crippen molar-refractivity contribution in [1.29, 1.82) is 0 Å². The Morgan fingerprint density at radius 3 is 2.86 bits per heavy atom. The molecule has 0 atom stereocenters. The topological polar surface area (TPSA) is 41.6 Å². The Bertz CT molecular complexity index is 1020. The smallest absolute Gasteiger partial charge is 0.0720 e. The summed E-state index contributed by atoms with van der Waals surface area (Å²) in [5.74, 6) is 0. The van der Waals surface area contributed by atoms with Crippen molar-refractivity contribution in [2.24, 2.45) is 0 Å². The predicted octanol–water partition coefficient (Wildman–Crippen LogP) is 5.50. The Morgan fingerprint density at radius 2 is 2.00 bits per heavy atom. The Hall–Kier alpha value is -1.91. The number of halogens is 2. The second-order valence-corrected chi connectivity index (χ2v) is 6.49. The van der Waals surface area contributed by atoms with Crippen LogP contribution in [0.3, 0.4) is 0 Å². The molecule has 0 radical (unpaired) electrons. The number of hydrogen-bond acceptors (Lipinski definition) is 2. The van der Waals surface area contributed by atoms with Crippen molar-refractivity contribution in [2.75, 3.05) is 0 Å². The number of H-pyrrole nitrogens is 1. The highest BCUT2D eigenvalue weighted by Crippen LogP contribution is 2.38. The highest BCUT2D eigenvalue weighted by molar-refractivity contribution is 9.10. The first-order valence-electron chi connectivity index (χ1n) is 6.82. The number of rotatable bonds is 1. The van der Waals surface area contributed by atoms with E-state index in [0.29, 0.717) is 5.02 Å². The number of nitrogens with one attached hydrogen (secondary N) is 1. The van der Waals surface area contributed by atoms with E-state index in [4.69, 9.17) is 11.6 Å². The van der Waals surface area contributed by atoms with Crippen LogP contribution in [0.15, 0.2) is 47.2 Å². The minimum Gasteiger partial charge on any atom is -0.278 e. The molecule has 0 unspecified atom stereocenters. The number of nitrogens with zero attached hydrogens (tertiary/aromatic N) is 2. The van der Waals surface area contributed by atoms with Crippen molar-refractivity contribution in [3.8, 4) is 11.1 Å². The first kappa shape index (κ1) is 13.7. The number of fused-ring (bicyclic) bond motifs is 2. The molecule has 108 valence electrons. The van der Waals surface area contributed by atoms with Crippen LogP contribution in [0.4, 0.5) is 0 Å². The molecular weight excluding hydrogens is 362 g/mol. The van der Waals surface area contributed by atoms with Gasteiger partial charge < -0.3 is 0 Å². The lowest BCUT2D eigenvalue weighted by Crippen LogP contribution is -1.88. The fraction of sp³-hybridized carbons (Fsp3) is 0.0588. The predicted molar refractivity (Wildman–Crippen MR) is 94.3 cm³/mol. The SMILES string of the molecule is Cc1ccc2[nH]ncc2c1-c1cc2nccc(Br)c2cc1Cl. The van der Waals surface area contributed by atoms with Crippen LogP contribution in [-0.2, 0) is 0 Å². The number of aryl methyl sites for hydroxylation is 1. The number of hydrogen-bond donors (Lipinski definition) is 1. The van der Waals surface area contributed by atoms with E-state index in [-0.39, 0.29) is 0 Å². The number of benzene rings is 2. The first-order valence-corrected chi connectivity index (χ1v) is 7.99. The zero-order valence-corrected chi connectivity index (χ0v) is 14.0. The zero-order valence-electron chi connectivity index (χ0n) is 11.7. The van der Waals surface area contributed by atoms with Gasteiger partial charge in [0, 0.05) is 32.0 Å². The van der Waals surface area contributed by atoms with Gasteiger partial charge >= 0.3 is 0 Å². The van der Waals surface area contributed by atoms with Crippen LogP contribution in [0.2, 0.25) is 5.02 Å². The van der Waals surface area contributed by atoms with Crippen molar-refractivity contribution >= 4 is 49.3 Å². The fourth-order valence-corrected chi connectivity index (χ4v) is 3.50. The third-order valence-electron chi connectivity index (χ3n) is 3.88. The van der Waals surface area contributed by atoms with Crippen molar-refractivity contribution in [3.63, 3.8) is 0 Å². The van der Waals surface area contributed by atoms with Gasteiger partial charge in [-0.05, 0) is 42.3 Å². The molecule has 5 heteroatoms. The summed E-state index contributed by atoms with van der Waals surface area (Å²) in [6.45, 7) is 2.08. The van der Waals surface area contributed by atoms with Gasteiger partial charge in [0.2, 0.25) is 0 Å². The largest absolute Gasteiger partial charge is 0.278 e. The Balaban J connectivity index is 2.10. The summed E-state index contributed by atoms with van der Waals surface area (Å²) in [5, 5.41) is 9.93. The summed E-state index contributed by atoms with van der Waals surface area (Å²) < 4.78 is 0.990. The van der Waals surface area contributed by atoms with Crippen LogP contribution in [0.25, 0.3) is 32.9 Å². The summed E-state index contributed by atoms with van der Waals surface area (Å²) in [7, 11) is 0. The van der Waals surface area contributed by atoms with Gasteiger partial charge in [-0.15, -0.1) is 0 Å². The Labute approximate surface area is 140 Å². The second kappa shape index (κ2) is 5.07. The van der Waals surface area contributed by atoms with E-state index in [1.165, 1.54) is 0 Å². The molecule has 2 aromatic carbocycles. The minimum absolute atomic E-state index is 0.706. The van der Waals surface area contributed by atoms with E-state index in [1.54, 1.807) is 6.20 Å². The number of pyridine rings is 1. The van der Waals surface area contributed by atoms with Gasteiger partial charge in [0.25, 0.3) is 0 Å². The number of aromatic amines is 1. The Kier molecular flexibility index (Phi) is 3.17. The standard InChI is InChI=1S/C17H11BrClN3/c1-9-2-3-15-12(8-21-22-15)17(9)11-7-16-10(6-14(11)19)13(18)4-5-20-16/h2-8H,1H3,(H,21,22). The second-order valence-electron chi connectivity index (χ2n) is 5.23. The van der Waals surface area contributed by atoms with E-state index >= 15 is 0 Å². The molecule has 22 heavy (non-hydrogen) atoms. The molecular formula is C17H11BrClN3. The molecule has 3 nitrogen and oxygen atoms in total. The van der Waals surface area contributed by atoms with Crippen LogP contribution < -0.4 is 0 Å². The molecule has 0 aliphatic rings. The van der Waals surface area contributed by atoms with Crippen LogP contribution in [-0.4, -0.2) is 15.2 Å². The summed E-state index contributed by atoms with van der Waals surface area (Å²) in [6, 6.07) is 10.0. The van der Waals surface area contributed by atoms with Gasteiger partial charge in [0.05, 0.1) is 17.2 Å². The fourth-order valence-electron chi connectivity index (χ4n) is 2.81. The maximum Gasteiger partial charge on any atom is 0.0720 e. The van der Waals surface area contributed by atoms with Crippen molar-refractivity contribution in [1.82, 2.24) is 15.2 Å². The van der Waals surface area contributed by atoms with Crippen LogP contribution in [0, 0.1) is 6.92 Å². The lowest BCUT2D eigenvalue weighted by atomic mass is 9.96. The maximum atomic E-state index is 6.57. The van der Waals surface area contributed by atoms with Crippen LogP contribution in [0.1, 0.15) is 5.56 Å². The summed E-state index contributed by atoms with van der Waals surface area (Å²) in [4.78, 5) is 4.45. The summed E-state index contributed by atoms with van der Waals surface area (Å²) >= 11 is 10.1. The molecule has 0 amide bonds. The minimum atomic E-state index is 0.706. The van der Waals surface area contributed by atoms with E-state index in [2.05, 4.69) is 44.1 Å².